The number of hydrogen-bond acceptors (Lipinski definition) is 2. The van der Waals surface area contributed by atoms with E-state index in [4.69, 9.17) is 16.7 Å². The Labute approximate surface area is 76.8 Å². The van der Waals surface area contributed by atoms with Gasteiger partial charge in [0.2, 0.25) is 0 Å². The van der Waals surface area contributed by atoms with Crippen LogP contribution in [0.3, 0.4) is 0 Å². The first kappa shape index (κ1) is 8.53. The maximum absolute atomic E-state index is 9.09. The van der Waals surface area contributed by atoms with Crippen LogP contribution in [0.2, 0.25) is 5.02 Å². The van der Waals surface area contributed by atoms with E-state index in [2.05, 4.69) is 15.9 Å². The van der Waals surface area contributed by atoms with Gasteiger partial charge in [0.25, 0.3) is 0 Å². The van der Waals surface area contributed by atoms with Crippen LogP contribution in [-0.4, -0.2) is 5.11 Å². The Morgan fingerprint density at radius 1 is 1.80 bits per heavy atom. The smallest absolute Gasteiger partial charge is 0.0888 e. The normalized spacial score (nSPS) is 13.6. The van der Waals surface area contributed by atoms with Crippen LogP contribution in [0, 0.1) is 0 Å². The van der Waals surface area contributed by atoms with Crippen molar-refractivity contribution in [1.29, 1.82) is 0 Å². The summed E-state index contributed by atoms with van der Waals surface area (Å²) < 4.78 is 0.880. The molecular formula is C6H6BrClOS. The molecule has 0 bridgehead atoms. The molecule has 56 valence electrons. The quantitative estimate of drug-likeness (QED) is 0.800. The molecule has 1 aromatic rings. The molecule has 4 heteroatoms. The van der Waals surface area contributed by atoms with Gasteiger partial charge in [0, 0.05) is 4.88 Å². The van der Waals surface area contributed by atoms with E-state index < -0.39 is 6.10 Å². The second-order valence-electron chi connectivity index (χ2n) is 1.95. The lowest BCUT2D eigenvalue weighted by molar-refractivity contribution is 0.203. The van der Waals surface area contributed by atoms with Gasteiger partial charge in [-0.2, -0.15) is 0 Å². The van der Waals surface area contributed by atoms with E-state index in [0.717, 1.165) is 8.66 Å². The lowest BCUT2D eigenvalue weighted by atomic mass is 10.3. The predicted octanol–water partition coefficient (Wildman–Crippen LogP) is 3.22. The predicted molar refractivity (Wildman–Crippen MR) is 47.7 cm³/mol. The Kier molecular flexibility index (Phi) is 2.74. The maximum atomic E-state index is 9.09. The summed E-state index contributed by atoms with van der Waals surface area (Å²) in [4.78, 5) is 0.886. The zero-order chi connectivity index (χ0) is 7.72. The largest absolute Gasteiger partial charge is 0.388 e. The highest BCUT2D eigenvalue weighted by Gasteiger charge is 2.07. The number of thiophene rings is 1. The molecule has 10 heavy (non-hydrogen) atoms. The third-order valence-electron chi connectivity index (χ3n) is 1.08. The highest BCUT2D eigenvalue weighted by atomic mass is 79.9. The third-order valence-corrected chi connectivity index (χ3v) is 3.72. The van der Waals surface area contributed by atoms with Gasteiger partial charge in [0.15, 0.2) is 0 Å². The van der Waals surface area contributed by atoms with Gasteiger partial charge in [-0.3, -0.25) is 0 Å². The average Bonchev–Trinajstić information content (AvgIpc) is 2.13. The van der Waals surface area contributed by atoms with Crippen LogP contribution in [0.5, 0.6) is 0 Å². The molecule has 1 N–H and O–H groups in total. The summed E-state index contributed by atoms with van der Waals surface area (Å²) in [5, 5.41) is 9.76. The molecule has 0 aliphatic heterocycles. The van der Waals surface area contributed by atoms with Crippen molar-refractivity contribution < 1.29 is 5.11 Å². The molecular weight excluding hydrogens is 235 g/mol. The minimum absolute atomic E-state index is 0.422. The van der Waals surface area contributed by atoms with Crippen molar-refractivity contribution in [2.75, 3.05) is 0 Å². The molecule has 0 saturated heterocycles. The van der Waals surface area contributed by atoms with E-state index in [9.17, 15) is 0 Å². The van der Waals surface area contributed by atoms with E-state index in [-0.39, 0.29) is 0 Å². The summed E-state index contributed by atoms with van der Waals surface area (Å²) in [7, 11) is 0. The monoisotopic (exact) mass is 240 g/mol. The SMILES string of the molecule is CC(O)c1cc(Cl)c(Br)s1. The number of aliphatic hydroxyl groups is 1. The van der Waals surface area contributed by atoms with Gasteiger partial charge in [-0.25, -0.2) is 0 Å². The molecule has 0 spiro atoms. The molecule has 0 fully saturated rings. The van der Waals surface area contributed by atoms with Gasteiger partial charge in [0.1, 0.15) is 0 Å². The van der Waals surface area contributed by atoms with Gasteiger partial charge < -0.3 is 5.11 Å². The van der Waals surface area contributed by atoms with Crippen molar-refractivity contribution in [2.24, 2.45) is 0 Å². The lowest BCUT2D eigenvalue weighted by Gasteiger charge is -1.95. The van der Waals surface area contributed by atoms with E-state index >= 15 is 0 Å². The third kappa shape index (κ3) is 1.72. The second kappa shape index (κ2) is 3.22. The van der Waals surface area contributed by atoms with Crippen molar-refractivity contribution in [3.63, 3.8) is 0 Å². The fraction of sp³-hybridized carbons (Fsp3) is 0.333. The second-order valence-corrected chi connectivity index (χ2v) is 4.76. The van der Waals surface area contributed by atoms with Crippen molar-refractivity contribution in [1.82, 2.24) is 0 Å². The first-order valence-corrected chi connectivity index (χ1v) is 4.73. The Hall–Kier alpha value is 0.430. The molecule has 0 saturated carbocycles. The molecule has 0 aliphatic carbocycles. The molecule has 0 aromatic carbocycles. The van der Waals surface area contributed by atoms with Gasteiger partial charge >= 0.3 is 0 Å². The minimum Gasteiger partial charge on any atom is -0.388 e. The van der Waals surface area contributed by atoms with Crippen molar-refractivity contribution in [3.8, 4) is 0 Å². The number of halogens is 2. The van der Waals surface area contributed by atoms with Crippen LogP contribution in [-0.2, 0) is 0 Å². The summed E-state index contributed by atoms with van der Waals surface area (Å²) in [6, 6.07) is 1.76. The van der Waals surface area contributed by atoms with Gasteiger partial charge in [-0.15, -0.1) is 11.3 Å². The molecule has 1 nitrogen and oxygen atoms in total. The summed E-state index contributed by atoms with van der Waals surface area (Å²) >= 11 is 10.4. The van der Waals surface area contributed by atoms with E-state index in [1.54, 1.807) is 13.0 Å². The first-order chi connectivity index (χ1) is 4.61. The van der Waals surface area contributed by atoms with Gasteiger partial charge in [-0.1, -0.05) is 11.6 Å². The van der Waals surface area contributed by atoms with Crippen LogP contribution >= 0.6 is 38.9 Å². The maximum Gasteiger partial charge on any atom is 0.0888 e. The van der Waals surface area contributed by atoms with Crippen LogP contribution in [0.1, 0.15) is 17.9 Å². The average molecular weight is 242 g/mol. The first-order valence-electron chi connectivity index (χ1n) is 2.74. The van der Waals surface area contributed by atoms with Gasteiger partial charge in [-0.05, 0) is 28.9 Å². The summed E-state index contributed by atoms with van der Waals surface area (Å²) in [5.74, 6) is 0. The van der Waals surface area contributed by atoms with Crippen molar-refractivity contribution >= 4 is 38.9 Å². The topological polar surface area (TPSA) is 20.2 Å². The molecule has 1 atom stereocenters. The Morgan fingerprint density at radius 3 is 2.60 bits per heavy atom. The van der Waals surface area contributed by atoms with Crippen LogP contribution in [0.4, 0.5) is 0 Å². The van der Waals surface area contributed by atoms with Crippen molar-refractivity contribution in [2.45, 2.75) is 13.0 Å². The van der Waals surface area contributed by atoms with Crippen molar-refractivity contribution in [3.05, 3.63) is 19.8 Å². The molecule has 0 amide bonds. The standard InChI is InChI=1S/C6H6BrClOS/c1-3(9)5-2-4(8)6(7)10-5/h2-3,9H,1H3. The van der Waals surface area contributed by atoms with E-state index in [1.807, 2.05) is 0 Å². The Morgan fingerprint density at radius 2 is 2.40 bits per heavy atom. The molecule has 0 radical (unpaired) electrons. The molecule has 0 aliphatic rings. The number of aliphatic hydroxyl groups excluding tert-OH is 1. The zero-order valence-electron chi connectivity index (χ0n) is 5.27. The highest BCUT2D eigenvalue weighted by molar-refractivity contribution is 9.11. The van der Waals surface area contributed by atoms with E-state index in [0.29, 0.717) is 5.02 Å². The van der Waals surface area contributed by atoms with Crippen LogP contribution in [0.15, 0.2) is 9.85 Å². The van der Waals surface area contributed by atoms with Crippen LogP contribution in [0.25, 0.3) is 0 Å². The fourth-order valence-corrected chi connectivity index (χ4v) is 2.25. The zero-order valence-corrected chi connectivity index (χ0v) is 8.42. The van der Waals surface area contributed by atoms with E-state index in [1.165, 1.54) is 11.3 Å². The van der Waals surface area contributed by atoms with Crippen LogP contribution < -0.4 is 0 Å². The number of rotatable bonds is 1. The molecule has 1 aromatic heterocycles. The minimum atomic E-state index is -0.422. The summed E-state index contributed by atoms with van der Waals surface area (Å²) in [5.41, 5.74) is 0. The lowest BCUT2D eigenvalue weighted by Crippen LogP contribution is -1.83. The highest BCUT2D eigenvalue weighted by Crippen LogP contribution is 2.34. The summed E-state index contributed by atoms with van der Waals surface area (Å²) in [6.45, 7) is 1.72. The molecule has 1 heterocycles. The molecule has 1 unspecified atom stereocenters. The summed E-state index contributed by atoms with van der Waals surface area (Å²) in [6.07, 6.45) is -0.422. The Bertz CT molecular complexity index is 214. The Balaban J connectivity index is 2.98. The molecule has 1 rings (SSSR count). The fourth-order valence-electron chi connectivity index (χ4n) is 0.569. The van der Waals surface area contributed by atoms with Gasteiger partial charge in [0.05, 0.1) is 14.9 Å². The number of hydrogen-bond donors (Lipinski definition) is 1.